The number of benzene rings is 3. The second kappa shape index (κ2) is 12.9. The van der Waals surface area contributed by atoms with Crippen LogP contribution in [-0.2, 0) is 26.2 Å². The van der Waals surface area contributed by atoms with Crippen LogP contribution >= 0.6 is 0 Å². The first kappa shape index (κ1) is 30.5. The zero-order valence-corrected chi connectivity index (χ0v) is 24.6. The third-order valence-corrected chi connectivity index (χ3v) is 7.91. The topological polar surface area (TPSA) is 105 Å². The summed E-state index contributed by atoms with van der Waals surface area (Å²) < 4.78 is 39.5. The van der Waals surface area contributed by atoms with Crippen LogP contribution in [0.5, 0.6) is 11.5 Å². The van der Waals surface area contributed by atoms with Gasteiger partial charge in [-0.25, -0.2) is 8.42 Å². The van der Waals surface area contributed by atoms with Gasteiger partial charge in [0.1, 0.15) is 12.6 Å². The molecule has 0 aliphatic rings. The van der Waals surface area contributed by atoms with E-state index in [1.165, 1.54) is 37.3 Å². The van der Waals surface area contributed by atoms with E-state index in [0.717, 1.165) is 9.87 Å². The molecule has 0 aliphatic heterocycles. The molecule has 3 aromatic carbocycles. The lowest BCUT2D eigenvalue weighted by atomic mass is 10.1. The number of methoxy groups -OCH3 is 2. The number of rotatable bonds is 11. The number of nitrogens with zero attached hydrogens (tertiary/aromatic N) is 2. The number of hydrogen-bond donors (Lipinski definition) is 1. The lowest BCUT2D eigenvalue weighted by molar-refractivity contribution is -0.140. The average Bonchev–Trinajstić information content (AvgIpc) is 2.93. The Balaban J connectivity index is 2.07. The maximum Gasteiger partial charge on any atom is 0.264 e. The van der Waals surface area contributed by atoms with E-state index in [1.807, 2.05) is 51.1 Å². The van der Waals surface area contributed by atoms with Crippen molar-refractivity contribution in [3.8, 4) is 11.5 Å². The minimum Gasteiger partial charge on any atom is -0.493 e. The maximum absolute atomic E-state index is 14.0. The number of carbonyl (C=O) groups excluding carboxylic acids is 2. The number of amides is 2. The average molecular weight is 568 g/mol. The van der Waals surface area contributed by atoms with Gasteiger partial charge in [-0.2, -0.15) is 0 Å². The SMILES string of the molecule is COc1ccc(N(CC(=O)N(Cc2ccccc2)C(C)C(=O)NC(C)(C)C)S(=O)(=O)c2ccccc2)cc1OC. The van der Waals surface area contributed by atoms with Crippen molar-refractivity contribution < 1.29 is 27.5 Å². The number of carbonyl (C=O) groups is 2. The van der Waals surface area contributed by atoms with E-state index in [1.54, 1.807) is 37.3 Å². The fraction of sp³-hybridized carbons (Fsp3) is 0.333. The molecule has 10 heteroatoms. The number of hydrogen-bond acceptors (Lipinski definition) is 6. The van der Waals surface area contributed by atoms with Gasteiger partial charge in [0.05, 0.1) is 24.8 Å². The molecule has 0 saturated carbocycles. The summed E-state index contributed by atoms with van der Waals surface area (Å²) in [6, 6.07) is 20.9. The standard InChI is InChI=1S/C30H37N3O6S/c1-22(29(35)31-30(2,3)4)32(20-23-13-9-7-10-14-23)28(34)21-33(40(36,37)25-15-11-8-12-16-25)24-17-18-26(38-5)27(19-24)39-6/h7-19,22H,20-21H2,1-6H3,(H,31,35). The van der Waals surface area contributed by atoms with Crippen LogP contribution in [0.15, 0.2) is 83.8 Å². The summed E-state index contributed by atoms with van der Waals surface area (Å²) in [5.74, 6) is -0.178. The normalized spacial score (nSPS) is 12.2. The number of sulfonamides is 1. The zero-order valence-electron chi connectivity index (χ0n) is 23.7. The van der Waals surface area contributed by atoms with Gasteiger partial charge in [-0.3, -0.25) is 13.9 Å². The van der Waals surface area contributed by atoms with Crippen molar-refractivity contribution in [2.45, 2.75) is 50.7 Å². The predicted octanol–water partition coefficient (Wildman–Crippen LogP) is 4.23. The molecule has 0 bridgehead atoms. The van der Waals surface area contributed by atoms with Crippen LogP contribution in [0, 0.1) is 0 Å². The predicted molar refractivity (Wildman–Crippen MR) is 155 cm³/mol. The molecule has 1 atom stereocenters. The van der Waals surface area contributed by atoms with Crippen LogP contribution < -0.4 is 19.1 Å². The lowest BCUT2D eigenvalue weighted by Crippen LogP contribution is -2.54. The lowest BCUT2D eigenvalue weighted by Gasteiger charge is -2.33. The van der Waals surface area contributed by atoms with Gasteiger partial charge in [0.25, 0.3) is 10.0 Å². The van der Waals surface area contributed by atoms with E-state index in [-0.39, 0.29) is 23.0 Å². The number of nitrogens with one attached hydrogen (secondary N) is 1. The molecular weight excluding hydrogens is 530 g/mol. The van der Waals surface area contributed by atoms with Crippen molar-refractivity contribution in [1.29, 1.82) is 0 Å². The highest BCUT2D eigenvalue weighted by Crippen LogP contribution is 2.34. The highest BCUT2D eigenvalue weighted by molar-refractivity contribution is 7.92. The summed E-state index contributed by atoms with van der Waals surface area (Å²) >= 11 is 0. The molecule has 9 nitrogen and oxygen atoms in total. The Morgan fingerprint density at radius 1 is 0.875 bits per heavy atom. The van der Waals surface area contributed by atoms with Crippen LogP contribution in [0.2, 0.25) is 0 Å². The molecule has 0 radical (unpaired) electrons. The highest BCUT2D eigenvalue weighted by atomic mass is 32.2. The Morgan fingerprint density at radius 2 is 1.45 bits per heavy atom. The van der Waals surface area contributed by atoms with E-state index in [4.69, 9.17) is 9.47 Å². The molecule has 214 valence electrons. The molecule has 0 saturated heterocycles. The second-order valence-corrected chi connectivity index (χ2v) is 12.1. The van der Waals surface area contributed by atoms with Gasteiger partial charge in [-0.05, 0) is 57.5 Å². The molecule has 1 unspecified atom stereocenters. The summed E-state index contributed by atoms with van der Waals surface area (Å²) in [6.07, 6.45) is 0. The molecule has 0 heterocycles. The first-order valence-electron chi connectivity index (χ1n) is 12.8. The van der Waals surface area contributed by atoms with Crippen LogP contribution in [0.1, 0.15) is 33.3 Å². The Bertz CT molecular complexity index is 1410. The Morgan fingerprint density at radius 3 is 2.00 bits per heavy atom. The summed E-state index contributed by atoms with van der Waals surface area (Å²) in [5, 5.41) is 2.91. The zero-order chi connectivity index (χ0) is 29.5. The Kier molecular flexibility index (Phi) is 9.81. The van der Waals surface area contributed by atoms with Crippen molar-refractivity contribution >= 4 is 27.5 Å². The molecule has 0 aliphatic carbocycles. The first-order chi connectivity index (χ1) is 18.9. The summed E-state index contributed by atoms with van der Waals surface area (Å²) in [7, 11) is -1.26. The van der Waals surface area contributed by atoms with Crippen LogP contribution in [0.4, 0.5) is 5.69 Å². The summed E-state index contributed by atoms with van der Waals surface area (Å²) in [6.45, 7) is 6.76. The van der Waals surface area contributed by atoms with Crippen LogP contribution in [-0.4, -0.2) is 57.5 Å². The van der Waals surface area contributed by atoms with Gasteiger partial charge in [0.15, 0.2) is 11.5 Å². The van der Waals surface area contributed by atoms with Crippen LogP contribution in [0.25, 0.3) is 0 Å². The summed E-state index contributed by atoms with van der Waals surface area (Å²) in [4.78, 5) is 28.6. The van der Waals surface area contributed by atoms with Gasteiger partial charge < -0.3 is 19.7 Å². The van der Waals surface area contributed by atoms with Gasteiger partial charge >= 0.3 is 0 Å². The molecule has 1 N–H and O–H groups in total. The molecule has 2 amide bonds. The van der Waals surface area contributed by atoms with Crippen molar-refractivity contribution in [1.82, 2.24) is 10.2 Å². The van der Waals surface area contributed by atoms with E-state index < -0.39 is 34.1 Å². The monoisotopic (exact) mass is 567 g/mol. The largest absolute Gasteiger partial charge is 0.493 e. The molecule has 3 aromatic rings. The third kappa shape index (κ3) is 7.53. The molecule has 0 aromatic heterocycles. The number of ether oxygens (including phenoxy) is 2. The molecule has 0 spiro atoms. The highest BCUT2D eigenvalue weighted by Gasteiger charge is 2.33. The Hall–Kier alpha value is -4.05. The molecule has 0 fully saturated rings. The molecule has 3 rings (SSSR count). The van der Waals surface area contributed by atoms with Crippen molar-refractivity contribution in [2.24, 2.45) is 0 Å². The fourth-order valence-corrected chi connectivity index (χ4v) is 5.49. The van der Waals surface area contributed by atoms with Crippen LogP contribution in [0.3, 0.4) is 0 Å². The maximum atomic E-state index is 14.0. The van der Waals surface area contributed by atoms with Crippen molar-refractivity contribution in [3.63, 3.8) is 0 Å². The van der Waals surface area contributed by atoms with Gasteiger partial charge in [-0.1, -0.05) is 48.5 Å². The first-order valence-corrected chi connectivity index (χ1v) is 14.3. The van der Waals surface area contributed by atoms with Crippen molar-refractivity contribution in [3.05, 3.63) is 84.4 Å². The van der Waals surface area contributed by atoms with E-state index in [2.05, 4.69) is 5.32 Å². The minimum absolute atomic E-state index is 0.0192. The van der Waals surface area contributed by atoms with Gasteiger partial charge in [-0.15, -0.1) is 0 Å². The fourth-order valence-electron chi connectivity index (χ4n) is 4.07. The third-order valence-electron chi connectivity index (χ3n) is 6.13. The minimum atomic E-state index is -4.19. The van der Waals surface area contributed by atoms with Gasteiger partial charge in [0, 0.05) is 18.2 Å². The molecular formula is C30H37N3O6S. The van der Waals surface area contributed by atoms with Gasteiger partial charge in [0.2, 0.25) is 11.8 Å². The van der Waals surface area contributed by atoms with Crippen molar-refractivity contribution in [2.75, 3.05) is 25.1 Å². The Labute approximate surface area is 236 Å². The summed E-state index contributed by atoms with van der Waals surface area (Å²) in [5.41, 5.74) is 0.492. The quantitative estimate of drug-likeness (QED) is 0.372. The van der Waals surface area contributed by atoms with E-state index >= 15 is 0 Å². The van der Waals surface area contributed by atoms with E-state index in [0.29, 0.717) is 11.5 Å². The van der Waals surface area contributed by atoms with E-state index in [9.17, 15) is 18.0 Å². The smallest absolute Gasteiger partial charge is 0.264 e. The number of anilines is 1. The molecule has 40 heavy (non-hydrogen) atoms. The second-order valence-electron chi connectivity index (χ2n) is 10.3.